The highest BCUT2D eigenvalue weighted by molar-refractivity contribution is 6.05. The Hall–Kier alpha value is -4.45. The van der Waals surface area contributed by atoms with Gasteiger partial charge < -0.3 is 9.47 Å². The molecular formula is C28H24N2O4. The molecule has 0 radical (unpaired) electrons. The number of aryl methyl sites for hydroxylation is 2. The summed E-state index contributed by atoms with van der Waals surface area (Å²) in [6, 6.07) is 25.8. The van der Waals surface area contributed by atoms with Gasteiger partial charge in [-0.15, -0.1) is 0 Å². The molecule has 0 aromatic heterocycles. The van der Waals surface area contributed by atoms with E-state index in [0.29, 0.717) is 17.1 Å². The minimum atomic E-state index is -0.422. The molecule has 6 heteroatoms. The summed E-state index contributed by atoms with van der Waals surface area (Å²) in [5, 5.41) is 5.77. The van der Waals surface area contributed by atoms with Crippen molar-refractivity contribution in [3.05, 3.63) is 107 Å². The molecule has 34 heavy (non-hydrogen) atoms. The molecule has 0 bridgehead atoms. The van der Waals surface area contributed by atoms with E-state index in [4.69, 9.17) is 9.47 Å². The highest BCUT2D eigenvalue weighted by atomic mass is 16.5. The largest absolute Gasteiger partial charge is 0.483 e. The summed E-state index contributed by atoms with van der Waals surface area (Å²) in [4.78, 5) is 24.6. The van der Waals surface area contributed by atoms with Gasteiger partial charge in [0.1, 0.15) is 11.5 Å². The summed E-state index contributed by atoms with van der Waals surface area (Å²) in [7, 11) is 0. The maximum Gasteiger partial charge on any atom is 0.344 e. The number of hydrogen-bond donors (Lipinski definition) is 1. The second-order valence-corrected chi connectivity index (χ2v) is 7.84. The number of hydrogen-bond acceptors (Lipinski definition) is 5. The molecule has 0 aliphatic rings. The number of hydrazone groups is 1. The summed E-state index contributed by atoms with van der Waals surface area (Å²) < 4.78 is 11.1. The van der Waals surface area contributed by atoms with Gasteiger partial charge in [-0.2, -0.15) is 5.10 Å². The molecule has 0 aliphatic heterocycles. The van der Waals surface area contributed by atoms with Gasteiger partial charge >= 0.3 is 5.97 Å². The van der Waals surface area contributed by atoms with E-state index in [1.54, 1.807) is 30.3 Å². The molecule has 4 rings (SSSR count). The molecule has 0 spiro atoms. The fourth-order valence-electron chi connectivity index (χ4n) is 3.50. The normalized spacial score (nSPS) is 10.9. The lowest BCUT2D eigenvalue weighted by Gasteiger charge is -2.08. The van der Waals surface area contributed by atoms with Crippen LogP contribution in [-0.2, 0) is 4.79 Å². The lowest BCUT2D eigenvalue weighted by molar-refractivity contribution is -0.123. The summed E-state index contributed by atoms with van der Waals surface area (Å²) in [6.45, 7) is 3.80. The summed E-state index contributed by atoms with van der Waals surface area (Å²) >= 11 is 0. The van der Waals surface area contributed by atoms with E-state index in [1.807, 2.05) is 68.4 Å². The zero-order chi connectivity index (χ0) is 23.9. The van der Waals surface area contributed by atoms with Gasteiger partial charge in [-0.1, -0.05) is 54.1 Å². The lowest BCUT2D eigenvalue weighted by atomic mass is 10.0. The van der Waals surface area contributed by atoms with E-state index in [9.17, 15) is 9.59 Å². The van der Waals surface area contributed by atoms with Crippen molar-refractivity contribution in [2.24, 2.45) is 5.10 Å². The van der Waals surface area contributed by atoms with Crippen LogP contribution in [0.1, 0.15) is 27.0 Å². The lowest BCUT2D eigenvalue weighted by Crippen LogP contribution is -2.24. The van der Waals surface area contributed by atoms with Gasteiger partial charge in [-0.25, -0.2) is 10.2 Å². The first kappa shape index (κ1) is 22.7. The van der Waals surface area contributed by atoms with Crippen molar-refractivity contribution >= 4 is 28.9 Å². The third kappa shape index (κ3) is 5.66. The second kappa shape index (κ2) is 10.4. The second-order valence-electron chi connectivity index (χ2n) is 7.84. The van der Waals surface area contributed by atoms with Gasteiger partial charge in [0, 0.05) is 0 Å². The number of ether oxygens (including phenoxy) is 2. The molecule has 170 valence electrons. The zero-order valence-corrected chi connectivity index (χ0v) is 18.9. The minimum absolute atomic E-state index is 0.135. The number of benzene rings is 4. The number of fused-ring (bicyclic) bond motifs is 1. The van der Waals surface area contributed by atoms with Gasteiger partial charge in [0.05, 0.1) is 11.8 Å². The molecule has 0 unspecified atom stereocenters. The van der Waals surface area contributed by atoms with Crippen LogP contribution in [0.15, 0.2) is 90.0 Å². The smallest absolute Gasteiger partial charge is 0.344 e. The number of esters is 1. The monoisotopic (exact) mass is 452 g/mol. The predicted octanol–water partition coefficient (Wildman–Crippen LogP) is 5.20. The Bertz CT molecular complexity index is 1360. The van der Waals surface area contributed by atoms with Crippen molar-refractivity contribution in [3.63, 3.8) is 0 Å². The van der Waals surface area contributed by atoms with Crippen LogP contribution < -0.4 is 14.9 Å². The molecule has 0 saturated carbocycles. The first-order chi connectivity index (χ1) is 16.5. The van der Waals surface area contributed by atoms with Crippen LogP contribution in [0.3, 0.4) is 0 Å². The van der Waals surface area contributed by atoms with Gasteiger partial charge in [0.15, 0.2) is 6.61 Å². The fourth-order valence-corrected chi connectivity index (χ4v) is 3.50. The van der Waals surface area contributed by atoms with Crippen LogP contribution in [0.2, 0.25) is 0 Å². The summed E-state index contributed by atoms with van der Waals surface area (Å²) in [6.07, 6.45) is 1.51. The number of carbonyl (C=O) groups excluding carboxylic acids is 2. The quantitative estimate of drug-likeness (QED) is 0.181. The van der Waals surface area contributed by atoms with Crippen LogP contribution in [0.5, 0.6) is 11.5 Å². The maximum atomic E-state index is 12.7. The highest BCUT2D eigenvalue weighted by Crippen LogP contribution is 2.21. The topological polar surface area (TPSA) is 77.0 Å². The fraction of sp³-hybridized carbons (Fsp3) is 0.107. The predicted molar refractivity (Wildman–Crippen MR) is 132 cm³/mol. The molecule has 1 amide bonds. The summed E-state index contributed by atoms with van der Waals surface area (Å²) in [5.41, 5.74) is 5.79. The van der Waals surface area contributed by atoms with Crippen LogP contribution in [0.25, 0.3) is 10.8 Å². The number of rotatable bonds is 7. The summed E-state index contributed by atoms with van der Waals surface area (Å²) in [5.74, 6) is 0.297. The molecule has 0 fully saturated rings. The van der Waals surface area contributed by atoms with Crippen LogP contribution in [-0.4, -0.2) is 24.7 Å². The average Bonchev–Trinajstić information content (AvgIpc) is 2.84. The first-order valence-corrected chi connectivity index (χ1v) is 10.8. The minimum Gasteiger partial charge on any atom is -0.483 e. The SMILES string of the molecule is Cc1ccc(OCC(=O)N/N=C/c2ccc(OC(=O)c3cccc4ccccc34)cc2)c(C)c1. The number of amides is 1. The van der Waals surface area contributed by atoms with Crippen LogP contribution >= 0.6 is 0 Å². The third-order valence-corrected chi connectivity index (χ3v) is 5.19. The Kier molecular flexibility index (Phi) is 6.98. The number of nitrogens with zero attached hydrogens (tertiary/aromatic N) is 1. The van der Waals surface area contributed by atoms with E-state index >= 15 is 0 Å². The van der Waals surface area contributed by atoms with Gasteiger partial charge in [0.2, 0.25) is 0 Å². The van der Waals surface area contributed by atoms with Gasteiger partial charge in [-0.3, -0.25) is 4.79 Å². The maximum absolute atomic E-state index is 12.7. The van der Waals surface area contributed by atoms with E-state index < -0.39 is 5.97 Å². The highest BCUT2D eigenvalue weighted by Gasteiger charge is 2.12. The van der Waals surface area contributed by atoms with Crippen molar-refractivity contribution in [1.82, 2.24) is 5.43 Å². The van der Waals surface area contributed by atoms with Crippen molar-refractivity contribution in [2.75, 3.05) is 6.61 Å². The zero-order valence-electron chi connectivity index (χ0n) is 18.9. The Balaban J connectivity index is 1.30. The molecule has 4 aromatic carbocycles. The van der Waals surface area contributed by atoms with Gasteiger partial charge in [-0.05, 0) is 72.1 Å². The van der Waals surface area contributed by atoms with Crippen LogP contribution in [0.4, 0.5) is 0 Å². The van der Waals surface area contributed by atoms with Crippen molar-refractivity contribution in [3.8, 4) is 11.5 Å². The molecule has 4 aromatic rings. The molecule has 0 aliphatic carbocycles. The Morgan fingerprint density at radius 2 is 1.68 bits per heavy atom. The Morgan fingerprint density at radius 3 is 2.47 bits per heavy atom. The van der Waals surface area contributed by atoms with Crippen LogP contribution in [0, 0.1) is 13.8 Å². The molecule has 0 heterocycles. The van der Waals surface area contributed by atoms with Crippen molar-refractivity contribution < 1.29 is 19.1 Å². The number of carbonyl (C=O) groups is 2. The molecule has 0 saturated heterocycles. The molecule has 1 N–H and O–H groups in total. The van der Waals surface area contributed by atoms with E-state index in [1.165, 1.54) is 6.21 Å². The van der Waals surface area contributed by atoms with Gasteiger partial charge in [0.25, 0.3) is 5.91 Å². The van der Waals surface area contributed by atoms with E-state index in [2.05, 4.69) is 10.5 Å². The molecular weight excluding hydrogens is 428 g/mol. The Morgan fingerprint density at radius 1 is 0.912 bits per heavy atom. The van der Waals surface area contributed by atoms with Crippen molar-refractivity contribution in [1.29, 1.82) is 0 Å². The van der Waals surface area contributed by atoms with E-state index in [0.717, 1.165) is 27.5 Å². The third-order valence-electron chi connectivity index (χ3n) is 5.19. The van der Waals surface area contributed by atoms with Crippen molar-refractivity contribution in [2.45, 2.75) is 13.8 Å². The average molecular weight is 453 g/mol. The molecule has 6 nitrogen and oxygen atoms in total. The first-order valence-electron chi connectivity index (χ1n) is 10.8. The van der Waals surface area contributed by atoms with E-state index in [-0.39, 0.29) is 12.5 Å². The standard InChI is InChI=1S/C28H24N2O4/c1-19-10-15-26(20(2)16-19)33-18-27(31)30-29-17-21-11-13-23(14-12-21)34-28(32)25-9-5-7-22-6-3-4-8-24(22)25/h3-17H,18H2,1-2H3,(H,30,31)/b29-17+. The molecule has 0 atom stereocenters. The number of nitrogens with one attached hydrogen (secondary N) is 1. The Labute approximate surface area is 197 Å².